The van der Waals surface area contributed by atoms with Crippen molar-refractivity contribution in [2.45, 2.75) is 0 Å². The van der Waals surface area contributed by atoms with Crippen molar-refractivity contribution in [3.05, 3.63) is 24.3 Å². The highest BCUT2D eigenvalue weighted by Gasteiger charge is 2.21. The van der Waals surface area contributed by atoms with Gasteiger partial charge in [0.15, 0.2) is 5.96 Å². The Labute approximate surface area is 149 Å². The van der Waals surface area contributed by atoms with E-state index in [9.17, 15) is 8.42 Å². The fourth-order valence-corrected chi connectivity index (χ4v) is 3.27. The van der Waals surface area contributed by atoms with Crippen molar-refractivity contribution in [3.63, 3.8) is 0 Å². The molecule has 2 N–H and O–H groups in total. The molecule has 2 rings (SSSR count). The SMILES string of the molecule is CN=C(NCCNS(C)(=O)=O)N1CCN(c2ccccc2OC)CC1. The lowest BCUT2D eigenvalue weighted by molar-refractivity contribution is 0.367. The van der Waals surface area contributed by atoms with Crippen LogP contribution in [0.5, 0.6) is 5.75 Å². The lowest BCUT2D eigenvalue weighted by Gasteiger charge is -2.38. The topological polar surface area (TPSA) is 86.3 Å². The van der Waals surface area contributed by atoms with Crippen molar-refractivity contribution in [3.8, 4) is 5.75 Å². The number of methoxy groups -OCH3 is 1. The monoisotopic (exact) mass is 369 g/mol. The van der Waals surface area contributed by atoms with Crippen LogP contribution in [0, 0.1) is 0 Å². The number of hydrogen-bond donors (Lipinski definition) is 2. The van der Waals surface area contributed by atoms with Crippen molar-refractivity contribution in [2.24, 2.45) is 4.99 Å². The van der Waals surface area contributed by atoms with Crippen LogP contribution in [0.4, 0.5) is 5.69 Å². The Morgan fingerprint density at radius 3 is 2.48 bits per heavy atom. The minimum atomic E-state index is -3.16. The van der Waals surface area contributed by atoms with E-state index in [0.29, 0.717) is 13.1 Å². The summed E-state index contributed by atoms with van der Waals surface area (Å²) >= 11 is 0. The number of nitrogens with one attached hydrogen (secondary N) is 2. The van der Waals surface area contributed by atoms with Crippen molar-refractivity contribution in [2.75, 3.05) is 64.6 Å². The first-order valence-electron chi connectivity index (χ1n) is 8.23. The third-order valence-electron chi connectivity index (χ3n) is 3.99. The molecule has 1 heterocycles. The second-order valence-electron chi connectivity index (χ2n) is 5.79. The summed E-state index contributed by atoms with van der Waals surface area (Å²) in [5, 5.41) is 3.19. The van der Waals surface area contributed by atoms with Gasteiger partial charge in [0.05, 0.1) is 19.1 Å². The molecule has 1 aromatic carbocycles. The summed E-state index contributed by atoms with van der Waals surface area (Å²) in [6, 6.07) is 8.02. The van der Waals surface area contributed by atoms with Crippen LogP contribution in [0.3, 0.4) is 0 Å². The van der Waals surface area contributed by atoms with E-state index in [1.807, 2.05) is 18.2 Å². The highest BCUT2D eigenvalue weighted by molar-refractivity contribution is 7.88. The minimum absolute atomic E-state index is 0.332. The summed E-state index contributed by atoms with van der Waals surface area (Å²) < 4.78 is 30.0. The smallest absolute Gasteiger partial charge is 0.208 e. The molecule has 0 unspecified atom stereocenters. The van der Waals surface area contributed by atoms with Crippen LogP contribution in [0.15, 0.2) is 29.3 Å². The quantitative estimate of drug-likeness (QED) is 0.415. The van der Waals surface area contributed by atoms with E-state index in [1.165, 1.54) is 0 Å². The number of para-hydroxylation sites is 2. The summed E-state index contributed by atoms with van der Waals surface area (Å²) in [6.07, 6.45) is 1.15. The first-order chi connectivity index (χ1) is 11.9. The van der Waals surface area contributed by atoms with E-state index in [-0.39, 0.29) is 0 Å². The second-order valence-corrected chi connectivity index (χ2v) is 7.62. The minimum Gasteiger partial charge on any atom is -0.495 e. The van der Waals surface area contributed by atoms with Gasteiger partial charge in [0.2, 0.25) is 10.0 Å². The van der Waals surface area contributed by atoms with Crippen LogP contribution in [0.25, 0.3) is 0 Å². The Bertz CT molecular complexity index is 685. The predicted molar refractivity (Wildman–Crippen MR) is 101 cm³/mol. The molecule has 140 valence electrons. The Morgan fingerprint density at radius 1 is 1.20 bits per heavy atom. The fraction of sp³-hybridized carbons (Fsp3) is 0.562. The number of guanidine groups is 1. The lowest BCUT2D eigenvalue weighted by Crippen LogP contribution is -2.53. The second kappa shape index (κ2) is 8.91. The van der Waals surface area contributed by atoms with Gasteiger partial charge in [-0.3, -0.25) is 4.99 Å². The Kier molecular flexibility index (Phi) is 6.89. The molecule has 1 aliphatic rings. The summed E-state index contributed by atoms with van der Waals surface area (Å²) in [5.74, 6) is 1.67. The maximum atomic E-state index is 11.1. The molecule has 0 radical (unpaired) electrons. The molecule has 1 fully saturated rings. The van der Waals surface area contributed by atoms with Gasteiger partial charge in [-0.1, -0.05) is 12.1 Å². The first-order valence-corrected chi connectivity index (χ1v) is 10.1. The van der Waals surface area contributed by atoms with Gasteiger partial charge in [0.1, 0.15) is 5.75 Å². The molecule has 9 heteroatoms. The maximum Gasteiger partial charge on any atom is 0.208 e. The van der Waals surface area contributed by atoms with Crippen LogP contribution in [-0.2, 0) is 10.0 Å². The van der Waals surface area contributed by atoms with E-state index < -0.39 is 10.0 Å². The van der Waals surface area contributed by atoms with Crippen LogP contribution in [0.1, 0.15) is 0 Å². The fourth-order valence-electron chi connectivity index (χ4n) is 2.79. The third kappa shape index (κ3) is 5.79. The summed E-state index contributed by atoms with van der Waals surface area (Å²) in [7, 11) is 0.261. The molecule has 0 aromatic heterocycles. The number of ether oxygens (including phenoxy) is 1. The van der Waals surface area contributed by atoms with Crippen LogP contribution >= 0.6 is 0 Å². The maximum absolute atomic E-state index is 11.1. The van der Waals surface area contributed by atoms with Gasteiger partial charge in [-0.25, -0.2) is 13.1 Å². The number of sulfonamides is 1. The highest BCUT2D eigenvalue weighted by Crippen LogP contribution is 2.28. The first kappa shape index (κ1) is 19.3. The Hall–Kier alpha value is -2.00. The molecule has 0 atom stereocenters. The average Bonchev–Trinajstić information content (AvgIpc) is 2.61. The zero-order valence-corrected chi connectivity index (χ0v) is 15.8. The van der Waals surface area contributed by atoms with Crippen LogP contribution < -0.4 is 19.7 Å². The molecule has 8 nitrogen and oxygen atoms in total. The molecule has 1 aliphatic heterocycles. The molecule has 25 heavy (non-hydrogen) atoms. The van der Waals surface area contributed by atoms with E-state index in [2.05, 4.69) is 30.9 Å². The van der Waals surface area contributed by atoms with Gasteiger partial charge < -0.3 is 19.9 Å². The normalized spacial score (nSPS) is 16.0. The van der Waals surface area contributed by atoms with Crippen molar-refractivity contribution >= 4 is 21.7 Å². The van der Waals surface area contributed by atoms with Gasteiger partial charge in [-0.15, -0.1) is 0 Å². The van der Waals surface area contributed by atoms with Gasteiger partial charge in [0, 0.05) is 46.3 Å². The summed E-state index contributed by atoms with van der Waals surface area (Å²) in [4.78, 5) is 8.76. The number of hydrogen-bond acceptors (Lipinski definition) is 5. The molecule has 0 bridgehead atoms. The number of anilines is 1. The van der Waals surface area contributed by atoms with Gasteiger partial charge >= 0.3 is 0 Å². The zero-order valence-electron chi connectivity index (χ0n) is 15.0. The molecule has 1 aromatic rings. The van der Waals surface area contributed by atoms with Crippen LogP contribution in [-0.4, -0.2) is 79.0 Å². The largest absolute Gasteiger partial charge is 0.495 e. The van der Waals surface area contributed by atoms with Crippen molar-refractivity contribution in [1.82, 2.24) is 14.9 Å². The van der Waals surface area contributed by atoms with Crippen molar-refractivity contribution in [1.29, 1.82) is 0 Å². The lowest BCUT2D eigenvalue weighted by atomic mass is 10.2. The number of benzene rings is 1. The van der Waals surface area contributed by atoms with Gasteiger partial charge in [-0.05, 0) is 12.1 Å². The highest BCUT2D eigenvalue weighted by atomic mass is 32.2. The predicted octanol–water partition coefficient (Wildman–Crippen LogP) is -0.0582. The molecule has 0 aliphatic carbocycles. The number of nitrogens with zero attached hydrogens (tertiary/aromatic N) is 3. The van der Waals surface area contributed by atoms with Crippen molar-refractivity contribution < 1.29 is 13.2 Å². The van der Waals surface area contributed by atoms with E-state index in [4.69, 9.17) is 4.74 Å². The third-order valence-corrected chi connectivity index (χ3v) is 4.72. The molecule has 0 amide bonds. The summed E-state index contributed by atoms with van der Waals surface area (Å²) in [5.41, 5.74) is 1.10. The molecular weight excluding hydrogens is 342 g/mol. The van der Waals surface area contributed by atoms with E-state index in [0.717, 1.165) is 49.8 Å². The molecule has 0 spiro atoms. The van der Waals surface area contributed by atoms with E-state index >= 15 is 0 Å². The molecule has 1 saturated heterocycles. The van der Waals surface area contributed by atoms with Crippen LogP contribution in [0.2, 0.25) is 0 Å². The summed E-state index contributed by atoms with van der Waals surface area (Å²) in [6.45, 7) is 4.21. The number of aliphatic imine (C=N–C) groups is 1. The average molecular weight is 369 g/mol. The molecular formula is C16H27N5O3S. The Morgan fingerprint density at radius 2 is 1.88 bits per heavy atom. The Balaban J connectivity index is 1.85. The number of piperazine rings is 1. The number of rotatable bonds is 6. The van der Waals surface area contributed by atoms with Gasteiger partial charge in [0.25, 0.3) is 0 Å². The zero-order chi connectivity index (χ0) is 18.3. The van der Waals surface area contributed by atoms with E-state index in [1.54, 1.807) is 14.2 Å². The molecule has 0 saturated carbocycles. The van der Waals surface area contributed by atoms with Gasteiger partial charge in [-0.2, -0.15) is 0 Å². The standard InChI is InChI=1S/C16H27N5O3S/c1-17-16(18-8-9-19-25(3,22)23)21-12-10-20(11-13-21)14-6-4-5-7-15(14)24-2/h4-7,19H,8-13H2,1-3H3,(H,17,18).